The molecule has 0 spiro atoms. The topological polar surface area (TPSA) is 67.5 Å². The van der Waals surface area contributed by atoms with Gasteiger partial charge < -0.3 is 5.11 Å². The van der Waals surface area contributed by atoms with Crippen LogP contribution in [0.25, 0.3) is 5.65 Å². The number of carbonyl (C=O) groups is 1. The van der Waals surface area contributed by atoms with Crippen molar-refractivity contribution >= 4 is 23.2 Å². The second kappa shape index (κ2) is 3.18. The van der Waals surface area contributed by atoms with E-state index in [-0.39, 0.29) is 5.56 Å². The Labute approximate surface area is 95.7 Å². The number of hydrogen-bond donors (Lipinski definition) is 1. The molecule has 2 aromatic heterocycles. The first kappa shape index (κ1) is 9.59. The maximum Gasteiger partial charge on any atom is 0.341 e. The molecule has 0 amide bonds. The van der Waals surface area contributed by atoms with Gasteiger partial charge in [0, 0.05) is 11.3 Å². The zero-order valence-electron chi connectivity index (χ0n) is 8.27. The van der Waals surface area contributed by atoms with Gasteiger partial charge in [-0.1, -0.05) is 11.6 Å². The van der Waals surface area contributed by atoms with Crippen molar-refractivity contribution in [2.45, 2.75) is 19.3 Å². The largest absolute Gasteiger partial charge is 0.477 e. The van der Waals surface area contributed by atoms with Crippen molar-refractivity contribution in [3.05, 3.63) is 28.2 Å². The number of hydrogen-bond acceptors (Lipinski definition) is 3. The van der Waals surface area contributed by atoms with E-state index in [1.807, 2.05) is 0 Å². The zero-order valence-corrected chi connectivity index (χ0v) is 9.03. The maximum atomic E-state index is 11.0. The third-order valence-electron chi connectivity index (χ3n) is 2.84. The summed E-state index contributed by atoms with van der Waals surface area (Å²) in [5.41, 5.74) is 2.32. The number of halogens is 1. The highest BCUT2D eigenvalue weighted by Gasteiger charge is 2.22. The van der Waals surface area contributed by atoms with Crippen LogP contribution in [0.1, 0.15) is 28.0 Å². The van der Waals surface area contributed by atoms with Crippen LogP contribution in [-0.4, -0.2) is 25.7 Å². The number of carboxylic acids is 1. The van der Waals surface area contributed by atoms with Gasteiger partial charge in [0.05, 0.1) is 6.20 Å². The molecule has 1 N–H and O–H groups in total. The number of rotatable bonds is 1. The van der Waals surface area contributed by atoms with Crippen molar-refractivity contribution in [1.29, 1.82) is 0 Å². The van der Waals surface area contributed by atoms with E-state index >= 15 is 0 Å². The molecule has 0 fully saturated rings. The molecule has 5 nitrogen and oxygen atoms in total. The van der Waals surface area contributed by atoms with Crippen LogP contribution >= 0.6 is 11.6 Å². The number of aromatic nitrogens is 3. The Bertz CT molecular complexity index is 606. The molecule has 0 saturated carbocycles. The monoisotopic (exact) mass is 237 g/mol. The minimum Gasteiger partial charge on any atom is -0.477 e. The molecule has 0 aromatic carbocycles. The first-order valence-corrected chi connectivity index (χ1v) is 5.34. The predicted molar refractivity (Wildman–Crippen MR) is 57.0 cm³/mol. The molecule has 2 aromatic rings. The Hall–Kier alpha value is -1.62. The van der Waals surface area contributed by atoms with Gasteiger partial charge in [0.2, 0.25) is 0 Å². The summed E-state index contributed by atoms with van der Waals surface area (Å²) < 4.78 is 1.40. The lowest BCUT2D eigenvalue weighted by Crippen LogP contribution is -2.02. The summed E-state index contributed by atoms with van der Waals surface area (Å²) in [7, 11) is 0. The number of fused-ring (bicyclic) bond motifs is 2. The Balaban J connectivity index is 2.39. The second-order valence-electron chi connectivity index (χ2n) is 3.78. The van der Waals surface area contributed by atoms with Crippen LogP contribution in [0.2, 0.25) is 5.15 Å². The van der Waals surface area contributed by atoms with Crippen molar-refractivity contribution in [3.63, 3.8) is 0 Å². The lowest BCUT2D eigenvalue weighted by atomic mass is 10.2. The molecule has 1 aliphatic rings. The van der Waals surface area contributed by atoms with Gasteiger partial charge in [0.25, 0.3) is 0 Å². The van der Waals surface area contributed by atoms with Gasteiger partial charge in [-0.15, -0.1) is 0 Å². The van der Waals surface area contributed by atoms with Crippen LogP contribution in [-0.2, 0) is 12.8 Å². The van der Waals surface area contributed by atoms with Gasteiger partial charge in [-0.25, -0.2) is 14.3 Å². The summed E-state index contributed by atoms with van der Waals surface area (Å²) in [6, 6.07) is 0. The summed E-state index contributed by atoms with van der Waals surface area (Å²) >= 11 is 6.17. The van der Waals surface area contributed by atoms with E-state index in [2.05, 4.69) is 10.1 Å². The Morgan fingerprint density at radius 1 is 1.50 bits per heavy atom. The smallest absolute Gasteiger partial charge is 0.341 e. The lowest BCUT2D eigenvalue weighted by Gasteiger charge is -2.04. The Kier molecular flexibility index (Phi) is 1.91. The van der Waals surface area contributed by atoms with Crippen LogP contribution in [0.4, 0.5) is 0 Å². The molecule has 2 heterocycles. The first-order valence-electron chi connectivity index (χ1n) is 4.97. The average Bonchev–Trinajstić information content (AvgIpc) is 2.83. The summed E-state index contributed by atoms with van der Waals surface area (Å²) in [5.74, 6) is -1.03. The molecule has 0 atom stereocenters. The van der Waals surface area contributed by atoms with Crippen molar-refractivity contribution in [2.75, 3.05) is 0 Å². The third kappa shape index (κ3) is 1.15. The van der Waals surface area contributed by atoms with Gasteiger partial charge in [-0.05, 0) is 19.3 Å². The molecule has 0 saturated heterocycles. The number of aromatic carboxylic acids is 1. The molecular weight excluding hydrogens is 230 g/mol. The predicted octanol–water partition coefficient (Wildman–Crippen LogP) is 1.57. The third-order valence-corrected chi connectivity index (χ3v) is 3.23. The first-order chi connectivity index (χ1) is 7.68. The number of carboxylic acid groups (broad SMARTS) is 1. The van der Waals surface area contributed by atoms with Gasteiger partial charge in [0.15, 0.2) is 5.65 Å². The van der Waals surface area contributed by atoms with Crippen LogP contribution in [0.5, 0.6) is 0 Å². The van der Waals surface area contributed by atoms with Crippen LogP contribution in [0.15, 0.2) is 6.20 Å². The zero-order chi connectivity index (χ0) is 11.3. The fraction of sp³-hybridized carbons (Fsp3) is 0.300. The minimum atomic E-state index is -1.03. The molecule has 3 rings (SSSR count). The fourth-order valence-corrected chi connectivity index (χ4v) is 2.40. The normalized spacial score (nSPS) is 14.3. The summed E-state index contributed by atoms with van der Waals surface area (Å²) in [6.45, 7) is 0. The molecule has 0 aliphatic heterocycles. The summed E-state index contributed by atoms with van der Waals surface area (Å²) in [6.07, 6.45) is 4.04. The van der Waals surface area contributed by atoms with Crippen molar-refractivity contribution in [1.82, 2.24) is 14.6 Å². The van der Waals surface area contributed by atoms with E-state index < -0.39 is 5.97 Å². The highest BCUT2D eigenvalue weighted by Crippen LogP contribution is 2.28. The summed E-state index contributed by atoms with van der Waals surface area (Å²) in [4.78, 5) is 15.3. The molecular formula is C10H8ClN3O2. The van der Waals surface area contributed by atoms with E-state index in [1.54, 1.807) is 0 Å². The number of aryl methyl sites for hydroxylation is 1. The molecule has 1 aliphatic carbocycles. The van der Waals surface area contributed by atoms with E-state index in [0.29, 0.717) is 10.8 Å². The van der Waals surface area contributed by atoms with E-state index in [4.69, 9.17) is 16.7 Å². The van der Waals surface area contributed by atoms with Crippen molar-refractivity contribution < 1.29 is 9.90 Å². The average molecular weight is 238 g/mol. The fourth-order valence-electron chi connectivity index (χ4n) is 2.07. The van der Waals surface area contributed by atoms with Gasteiger partial charge in [-0.3, -0.25) is 0 Å². The minimum absolute atomic E-state index is 0.0941. The van der Waals surface area contributed by atoms with Gasteiger partial charge in [-0.2, -0.15) is 5.10 Å². The highest BCUT2D eigenvalue weighted by atomic mass is 35.5. The maximum absolute atomic E-state index is 11.0. The molecule has 16 heavy (non-hydrogen) atoms. The quantitative estimate of drug-likeness (QED) is 0.765. The molecule has 82 valence electrons. The van der Waals surface area contributed by atoms with Crippen LogP contribution < -0.4 is 0 Å². The highest BCUT2D eigenvalue weighted by molar-refractivity contribution is 6.30. The standard InChI is InChI=1S/C10H8ClN3O2/c11-8-5-2-1-3-7(5)13-9-6(10(15)16)4-12-14(8)9/h4H,1-3H2,(H,15,16). The molecule has 6 heteroatoms. The van der Waals surface area contributed by atoms with Crippen molar-refractivity contribution in [3.8, 4) is 0 Å². The van der Waals surface area contributed by atoms with E-state index in [0.717, 1.165) is 30.5 Å². The van der Waals surface area contributed by atoms with E-state index in [1.165, 1.54) is 10.7 Å². The SMILES string of the molecule is O=C(O)c1cnn2c(Cl)c3c(nc12)CCC3. The van der Waals surface area contributed by atoms with Gasteiger partial charge in [0.1, 0.15) is 10.7 Å². The van der Waals surface area contributed by atoms with Crippen LogP contribution in [0.3, 0.4) is 0 Å². The molecule has 0 radical (unpaired) electrons. The van der Waals surface area contributed by atoms with Crippen molar-refractivity contribution in [2.24, 2.45) is 0 Å². The van der Waals surface area contributed by atoms with E-state index in [9.17, 15) is 4.79 Å². The molecule has 0 unspecified atom stereocenters. The lowest BCUT2D eigenvalue weighted by molar-refractivity contribution is 0.0699. The number of nitrogens with zero attached hydrogens (tertiary/aromatic N) is 3. The molecule has 0 bridgehead atoms. The Morgan fingerprint density at radius 2 is 2.31 bits per heavy atom. The van der Waals surface area contributed by atoms with Crippen LogP contribution in [0, 0.1) is 0 Å². The Morgan fingerprint density at radius 3 is 3.06 bits per heavy atom. The van der Waals surface area contributed by atoms with Gasteiger partial charge >= 0.3 is 5.97 Å². The second-order valence-corrected chi connectivity index (χ2v) is 4.14. The summed E-state index contributed by atoms with van der Waals surface area (Å²) in [5, 5.41) is 13.4.